The van der Waals surface area contributed by atoms with Crippen LogP contribution in [0.2, 0.25) is 0 Å². The average molecular weight is 166 g/mol. The van der Waals surface area contributed by atoms with Crippen molar-refractivity contribution in [3.05, 3.63) is 0 Å². The van der Waals surface area contributed by atoms with Crippen LogP contribution in [0, 0.1) is 0 Å². The van der Waals surface area contributed by atoms with Crippen molar-refractivity contribution in [2.24, 2.45) is 0 Å². The van der Waals surface area contributed by atoms with Gasteiger partial charge in [0.05, 0.1) is 4.75 Å². The lowest BCUT2D eigenvalue weighted by atomic mass is 10.2. The summed E-state index contributed by atoms with van der Waals surface area (Å²) in [5.41, 5.74) is -0.0613. The fourth-order valence-electron chi connectivity index (χ4n) is 0.732. The van der Waals surface area contributed by atoms with Gasteiger partial charge in [0.1, 0.15) is 5.44 Å². The van der Waals surface area contributed by atoms with Gasteiger partial charge in [-0.25, -0.2) is 0 Å². The Morgan fingerprint density at radius 1 is 1.50 bits per heavy atom. The lowest BCUT2D eigenvalue weighted by Crippen LogP contribution is -2.54. The molecule has 0 amide bonds. The Morgan fingerprint density at radius 2 is 2.25 bits per heavy atom. The highest BCUT2D eigenvalue weighted by Crippen LogP contribution is 2.61. The third kappa shape index (κ3) is 0.574. The summed E-state index contributed by atoms with van der Waals surface area (Å²) in [5.74, 6) is 2.32. The van der Waals surface area contributed by atoms with Crippen LogP contribution in [0.1, 0.15) is 0 Å². The Hall–Kier alpha value is 1.01. The van der Waals surface area contributed by atoms with E-state index < -0.39 is 0 Å². The molecule has 0 aromatic heterocycles. The number of hydrogen-bond donors (Lipinski definition) is 1. The smallest absolute Gasteiger partial charge is 0.116 e. The second kappa shape index (κ2) is 1.75. The van der Waals surface area contributed by atoms with Crippen molar-refractivity contribution in [1.29, 1.82) is 0 Å². The number of aliphatic hydroxyl groups excluding tert-OH is 1. The molecular weight excluding hydrogens is 160 g/mol. The summed E-state index contributed by atoms with van der Waals surface area (Å²) in [6.07, 6.45) is 0. The molecule has 0 aromatic carbocycles. The molecule has 2 atom stereocenters. The Morgan fingerprint density at radius 3 is 2.25 bits per heavy atom. The maximum Gasteiger partial charge on any atom is 0.116 e. The van der Waals surface area contributed by atoms with Crippen molar-refractivity contribution in [2.45, 2.75) is 10.2 Å². The molecule has 0 bridgehead atoms. The van der Waals surface area contributed by atoms with E-state index >= 15 is 0 Å². The molecule has 2 unspecified atom stereocenters. The zero-order valence-corrected chi connectivity index (χ0v) is 6.61. The number of thioether (sulfide) groups is 1. The molecule has 2 heterocycles. The van der Waals surface area contributed by atoms with Crippen molar-refractivity contribution in [2.75, 3.05) is 11.5 Å². The lowest BCUT2D eigenvalue weighted by Gasteiger charge is -2.50. The lowest BCUT2D eigenvalue weighted by molar-refractivity contribution is 0.216. The minimum absolute atomic E-state index is 0.0613. The first-order chi connectivity index (χ1) is 3.83. The van der Waals surface area contributed by atoms with Crippen LogP contribution in [0.3, 0.4) is 0 Å². The largest absolute Gasteiger partial charge is 0.381 e. The van der Waals surface area contributed by atoms with E-state index in [1.54, 1.807) is 11.8 Å². The normalized spacial score (nSPS) is 52.9. The summed E-state index contributed by atoms with van der Waals surface area (Å²) in [6, 6.07) is 0. The molecule has 0 aromatic rings. The molecule has 1 nitrogen and oxygen atoms in total. The molecule has 2 rings (SSSR count). The van der Waals surface area contributed by atoms with E-state index in [9.17, 15) is 0 Å². The van der Waals surface area contributed by atoms with Gasteiger partial charge in [0.25, 0.3) is 0 Å². The van der Waals surface area contributed by atoms with E-state index in [-0.39, 0.29) is 5.44 Å². The number of rotatable bonds is 0. The van der Waals surface area contributed by atoms with Crippen LogP contribution < -0.4 is 0 Å². The van der Waals surface area contributed by atoms with Crippen molar-refractivity contribution in [3.63, 3.8) is 0 Å². The first-order valence-electron chi connectivity index (χ1n) is 2.44. The molecule has 46 valence electrons. The summed E-state index contributed by atoms with van der Waals surface area (Å²) in [6.45, 7) is 0. The van der Waals surface area contributed by atoms with Crippen LogP contribution in [-0.4, -0.2) is 26.8 Å². The van der Waals surface area contributed by atoms with Gasteiger partial charge in [-0.1, -0.05) is 21.6 Å². The minimum atomic E-state index is -0.0613. The van der Waals surface area contributed by atoms with Gasteiger partial charge in [-0.3, -0.25) is 0 Å². The molecule has 1 spiro atoms. The van der Waals surface area contributed by atoms with Gasteiger partial charge >= 0.3 is 0 Å². The standard InChI is InChI=1S/C4H6OS3/c5-3-4(1-6-3)2-7-8-4/h3,5H,1-2H2. The molecule has 2 aliphatic rings. The monoisotopic (exact) mass is 166 g/mol. The number of aliphatic hydroxyl groups is 1. The van der Waals surface area contributed by atoms with Gasteiger partial charge in [0, 0.05) is 11.5 Å². The zero-order chi connectivity index (χ0) is 5.61. The predicted octanol–water partition coefficient (Wildman–Crippen LogP) is 1.19. The molecule has 2 fully saturated rings. The fraction of sp³-hybridized carbons (Fsp3) is 1.00. The van der Waals surface area contributed by atoms with Gasteiger partial charge in [-0.2, -0.15) is 0 Å². The molecule has 8 heavy (non-hydrogen) atoms. The van der Waals surface area contributed by atoms with Crippen LogP contribution in [-0.2, 0) is 0 Å². The van der Waals surface area contributed by atoms with Gasteiger partial charge in [-0.05, 0) is 0 Å². The average Bonchev–Trinajstić information content (AvgIpc) is 1.58. The topological polar surface area (TPSA) is 20.2 Å². The van der Waals surface area contributed by atoms with Crippen molar-refractivity contribution in [1.82, 2.24) is 0 Å². The van der Waals surface area contributed by atoms with E-state index in [2.05, 4.69) is 0 Å². The quantitative estimate of drug-likeness (QED) is 0.545. The van der Waals surface area contributed by atoms with E-state index in [0.717, 1.165) is 11.5 Å². The molecule has 0 aliphatic carbocycles. The van der Waals surface area contributed by atoms with Crippen LogP contribution in [0.15, 0.2) is 0 Å². The minimum Gasteiger partial charge on any atom is -0.381 e. The Labute approximate surface area is 60.4 Å². The van der Waals surface area contributed by atoms with E-state index in [1.165, 1.54) is 0 Å². The van der Waals surface area contributed by atoms with Gasteiger partial charge in [-0.15, -0.1) is 11.8 Å². The molecular formula is C4H6OS3. The molecule has 1 N–H and O–H groups in total. The van der Waals surface area contributed by atoms with Crippen LogP contribution in [0.25, 0.3) is 0 Å². The highest BCUT2D eigenvalue weighted by Gasteiger charge is 2.53. The van der Waals surface area contributed by atoms with Gasteiger partial charge in [0.2, 0.25) is 0 Å². The number of hydrogen-bond acceptors (Lipinski definition) is 4. The highest BCUT2D eigenvalue weighted by molar-refractivity contribution is 8.80. The summed E-state index contributed by atoms with van der Waals surface area (Å²) in [5, 5.41) is 9.15. The first-order valence-corrected chi connectivity index (χ1v) is 5.81. The predicted molar refractivity (Wildman–Crippen MR) is 41.2 cm³/mol. The van der Waals surface area contributed by atoms with E-state index in [0.29, 0.717) is 4.75 Å². The fourth-order valence-corrected chi connectivity index (χ4v) is 5.50. The molecule has 2 aliphatic heterocycles. The van der Waals surface area contributed by atoms with Crippen LogP contribution in [0.5, 0.6) is 0 Å². The summed E-state index contributed by atoms with van der Waals surface area (Å²) in [4.78, 5) is 0. The maximum absolute atomic E-state index is 9.15. The summed E-state index contributed by atoms with van der Waals surface area (Å²) >= 11 is 1.66. The Balaban J connectivity index is 2.03. The Bertz CT molecular complexity index is 106. The van der Waals surface area contributed by atoms with Crippen molar-refractivity contribution in [3.8, 4) is 0 Å². The third-order valence-corrected chi connectivity index (χ3v) is 6.72. The molecule has 4 heteroatoms. The van der Waals surface area contributed by atoms with Crippen LogP contribution >= 0.6 is 33.3 Å². The highest BCUT2D eigenvalue weighted by atomic mass is 33.1. The Kier molecular flexibility index (Phi) is 1.26. The van der Waals surface area contributed by atoms with E-state index in [4.69, 9.17) is 5.11 Å². The molecule has 0 radical (unpaired) electrons. The first kappa shape index (κ1) is 5.77. The maximum atomic E-state index is 9.15. The van der Waals surface area contributed by atoms with Crippen molar-refractivity contribution < 1.29 is 5.11 Å². The van der Waals surface area contributed by atoms with Gasteiger partial charge < -0.3 is 5.11 Å². The third-order valence-electron chi connectivity index (χ3n) is 1.46. The zero-order valence-electron chi connectivity index (χ0n) is 4.16. The summed E-state index contributed by atoms with van der Waals surface area (Å²) < 4.78 is 0.301. The van der Waals surface area contributed by atoms with Crippen molar-refractivity contribution >= 4 is 33.3 Å². The summed E-state index contributed by atoms with van der Waals surface area (Å²) in [7, 11) is 3.72. The molecule has 0 saturated carbocycles. The SMILES string of the molecule is OC1SCC12CSS2. The van der Waals surface area contributed by atoms with E-state index in [1.807, 2.05) is 21.6 Å². The van der Waals surface area contributed by atoms with Crippen LogP contribution in [0.4, 0.5) is 0 Å². The second-order valence-corrected chi connectivity index (χ2v) is 5.85. The van der Waals surface area contributed by atoms with Gasteiger partial charge in [0.15, 0.2) is 0 Å². The molecule has 2 saturated heterocycles. The second-order valence-electron chi connectivity index (χ2n) is 2.07.